The Labute approximate surface area is 45.4 Å². The highest BCUT2D eigenvalue weighted by Crippen LogP contribution is 2.00. The van der Waals surface area contributed by atoms with E-state index in [2.05, 4.69) is 0 Å². The Morgan fingerprint density at radius 3 is 1.71 bits per heavy atom. The minimum atomic E-state index is -0.500. The van der Waals surface area contributed by atoms with Crippen LogP contribution in [0.1, 0.15) is 20.8 Å². The highest BCUT2D eigenvalue weighted by molar-refractivity contribution is 4.73. The van der Waals surface area contributed by atoms with Gasteiger partial charge in [0.25, 0.3) is 0 Å². The second-order valence-corrected chi connectivity index (χ2v) is 2.14. The van der Waals surface area contributed by atoms with Crippen LogP contribution < -0.4 is 0 Å². The molecule has 0 amide bonds. The lowest BCUT2D eigenvalue weighted by atomic mass is 10.1. The van der Waals surface area contributed by atoms with Crippen LogP contribution in [0.3, 0.4) is 0 Å². The van der Waals surface area contributed by atoms with Crippen molar-refractivity contribution in [3.05, 3.63) is 6.42 Å². The van der Waals surface area contributed by atoms with Crippen LogP contribution in [-0.4, -0.2) is 6.10 Å². The molecule has 0 rings (SSSR count). The lowest BCUT2D eigenvalue weighted by Crippen LogP contribution is -2.02. The van der Waals surface area contributed by atoms with E-state index in [0.29, 0.717) is 5.92 Å². The molecule has 7 heavy (non-hydrogen) atoms. The van der Waals surface area contributed by atoms with Crippen molar-refractivity contribution in [2.75, 3.05) is 0 Å². The molecule has 42 valence electrons. The van der Waals surface area contributed by atoms with Crippen molar-refractivity contribution in [1.29, 1.82) is 0 Å². The fourth-order valence-corrected chi connectivity index (χ4v) is 0.542. The highest BCUT2D eigenvalue weighted by atomic mass is 16.3. The minimum absolute atomic E-state index is 0.438. The first kappa shape index (κ1) is 6.96. The van der Waals surface area contributed by atoms with Gasteiger partial charge in [0.05, 0.1) is 6.10 Å². The zero-order chi connectivity index (χ0) is 5.86. The Bertz CT molecular complexity index is 33.4. The summed E-state index contributed by atoms with van der Waals surface area (Å²) in [6.07, 6.45) is 1.28. The van der Waals surface area contributed by atoms with E-state index in [4.69, 9.17) is 0 Å². The normalized spacial score (nSPS) is 15.0. The molecule has 0 saturated carbocycles. The quantitative estimate of drug-likeness (QED) is 0.503. The van der Waals surface area contributed by atoms with Gasteiger partial charge < -0.3 is 0 Å². The van der Waals surface area contributed by atoms with Crippen molar-refractivity contribution in [3.63, 3.8) is 0 Å². The van der Waals surface area contributed by atoms with Crippen LogP contribution in [0.15, 0.2) is 0 Å². The van der Waals surface area contributed by atoms with Crippen molar-refractivity contribution in [2.45, 2.75) is 26.9 Å². The first-order valence-electron chi connectivity index (χ1n) is 2.63. The molecule has 0 aromatic heterocycles. The monoisotopic (exact) mass is 100 g/mol. The molecular weight excluding hydrogens is 88.1 g/mol. The summed E-state index contributed by atoms with van der Waals surface area (Å²) in [6.45, 7) is 5.67. The maximum Gasteiger partial charge on any atom is 0.0936 e. The smallest absolute Gasteiger partial charge is 0.0936 e. The molecule has 2 radical (unpaired) electrons. The van der Waals surface area contributed by atoms with Gasteiger partial charge in [-0.3, -0.25) is 0 Å². The average Bonchev–Trinajstić information content (AvgIpc) is 1.27. The van der Waals surface area contributed by atoms with Crippen molar-refractivity contribution in [1.82, 2.24) is 0 Å². The van der Waals surface area contributed by atoms with Gasteiger partial charge in [-0.15, -0.1) is 0 Å². The molecule has 1 unspecified atom stereocenters. The lowest BCUT2D eigenvalue weighted by Gasteiger charge is -2.01. The second kappa shape index (κ2) is 3.03. The summed E-state index contributed by atoms with van der Waals surface area (Å²) < 4.78 is 0. The number of hydrogen-bond acceptors (Lipinski definition) is 0. The molecule has 0 bridgehead atoms. The van der Waals surface area contributed by atoms with Crippen LogP contribution in [0, 0.1) is 12.3 Å². The zero-order valence-electron chi connectivity index (χ0n) is 5.14. The first-order valence-corrected chi connectivity index (χ1v) is 2.63. The third kappa shape index (κ3) is 5.96. The first-order chi connectivity index (χ1) is 3.13. The Hall–Kier alpha value is -0.0400. The van der Waals surface area contributed by atoms with E-state index in [0.717, 1.165) is 0 Å². The van der Waals surface area contributed by atoms with E-state index in [1.807, 2.05) is 13.8 Å². The minimum Gasteiger partial charge on any atom is -0.233 e. The molecule has 0 aromatic rings. The van der Waals surface area contributed by atoms with E-state index in [-0.39, 0.29) is 0 Å². The van der Waals surface area contributed by atoms with Gasteiger partial charge in [-0.05, 0) is 19.3 Å². The lowest BCUT2D eigenvalue weighted by molar-refractivity contribution is 0.124. The molecule has 0 saturated heterocycles. The van der Waals surface area contributed by atoms with Crippen LogP contribution in [0.2, 0.25) is 0 Å². The van der Waals surface area contributed by atoms with Gasteiger partial charge in [-0.25, -0.2) is 5.11 Å². The standard InChI is InChI=1S/C6H12O/c1-5(2)4-6(3)7/h4-6H,1-3H3. The summed E-state index contributed by atoms with van der Waals surface area (Å²) in [5.41, 5.74) is 0. The van der Waals surface area contributed by atoms with Crippen LogP contribution in [-0.2, 0) is 5.11 Å². The third-order valence-corrected chi connectivity index (χ3v) is 0.656. The molecule has 0 fully saturated rings. The van der Waals surface area contributed by atoms with Gasteiger partial charge in [0.1, 0.15) is 0 Å². The van der Waals surface area contributed by atoms with Crippen molar-refractivity contribution < 1.29 is 5.11 Å². The van der Waals surface area contributed by atoms with Gasteiger partial charge in [0.2, 0.25) is 0 Å². The van der Waals surface area contributed by atoms with Crippen LogP contribution >= 0.6 is 0 Å². The molecule has 0 aliphatic carbocycles. The van der Waals surface area contributed by atoms with E-state index >= 15 is 0 Å². The van der Waals surface area contributed by atoms with Gasteiger partial charge in [-0.2, -0.15) is 0 Å². The van der Waals surface area contributed by atoms with Crippen molar-refractivity contribution in [2.24, 2.45) is 5.92 Å². The van der Waals surface area contributed by atoms with Gasteiger partial charge in [0, 0.05) is 0 Å². The van der Waals surface area contributed by atoms with Crippen LogP contribution in [0.25, 0.3) is 0 Å². The van der Waals surface area contributed by atoms with E-state index in [1.54, 1.807) is 13.3 Å². The van der Waals surface area contributed by atoms with E-state index < -0.39 is 6.10 Å². The van der Waals surface area contributed by atoms with E-state index in [1.165, 1.54) is 0 Å². The summed E-state index contributed by atoms with van der Waals surface area (Å²) >= 11 is 0. The largest absolute Gasteiger partial charge is 0.233 e. The Kier molecular flexibility index (Phi) is 3.01. The van der Waals surface area contributed by atoms with Gasteiger partial charge in [0.15, 0.2) is 0 Å². The molecule has 1 heteroatoms. The fourth-order valence-electron chi connectivity index (χ4n) is 0.542. The molecule has 0 N–H and O–H groups in total. The highest BCUT2D eigenvalue weighted by Gasteiger charge is 1.99. The van der Waals surface area contributed by atoms with Gasteiger partial charge in [-0.1, -0.05) is 13.8 Å². The van der Waals surface area contributed by atoms with Crippen LogP contribution in [0.4, 0.5) is 0 Å². The summed E-state index contributed by atoms with van der Waals surface area (Å²) in [6, 6.07) is 0. The molecule has 0 aromatic carbocycles. The van der Waals surface area contributed by atoms with Crippen molar-refractivity contribution >= 4 is 0 Å². The van der Waals surface area contributed by atoms with E-state index in [9.17, 15) is 5.11 Å². The average molecular weight is 100 g/mol. The SMILES string of the molecule is CC(C)[CH]C(C)[O]. The fraction of sp³-hybridized carbons (Fsp3) is 0.833. The predicted octanol–water partition coefficient (Wildman–Crippen LogP) is 1.67. The molecule has 0 heterocycles. The van der Waals surface area contributed by atoms with Crippen LogP contribution in [0.5, 0.6) is 0 Å². The molecule has 1 atom stereocenters. The molecular formula is C6H12O. The Morgan fingerprint density at radius 1 is 1.29 bits per heavy atom. The summed E-state index contributed by atoms with van der Waals surface area (Å²) in [7, 11) is 0. The zero-order valence-corrected chi connectivity index (χ0v) is 5.14. The maximum absolute atomic E-state index is 10.3. The Balaban J connectivity index is 2.95. The Morgan fingerprint density at radius 2 is 1.71 bits per heavy atom. The summed E-state index contributed by atoms with van der Waals surface area (Å²) in [5, 5.41) is 10.3. The number of rotatable bonds is 2. The second-order valence-electron chi connectivity index (χ2n) is 2.14. The molecule has 1 nitrogen and oxygen atoms in total. The predicted molar refractivity (Wildman–Crippen MR) is 29.3 cm³/mol. The maximum atomic E-state index is 10.3. The van der Waals surface area contributed by atoms with Gasteiger partial charge >= 0.3 is 0 Å². The topological polar surface area (TPSA) is 19.9 Å². The molecule has 0 aliphatic heterocycles. The molecule has 0 spiro atoms. The summed E-state index contributed by atoms with van der Waals surface area (Å²) in [4.78, 5) is 0. The molecule has 0 aliphatic rings. The van der Waals surface area contributed by atoms with Crippen molar-refractivity contribution in [3.8, 4) is 0 Å². The number of hydrogen-bond donors (Lipinski definition) is 0. The third-order valence-electron chi connectivity index (χ3n) is 0.656. The summed E-state index contributed by atoms with van der Waals surface area (Å²) in [5.74, 6) is 0.438.